The number of hydrogen-bond donors (Lipinski definition) is 4. The van der Waals surface area contributed by atoms with Gasteiger partial charge in [-0.15, -0.1) is 10.2 Å². The number of benzene rings is 6. The van der Waals surface area contributed by atoms with Crippen LogP contribution >= 0.6 is 0 Å². The Labute approximate surface area is 525 Å². The summed E-state index contributed by atoms with van der Waals surface area (Å²) < 4.78 is 158. The summed E-state index contributed by atoms with van der Waals surface area (Å²) in [6, 6.07) is 20.8. The Morgan fingerprint density at radius 1 is 0.342 bits per heavy atom. The van der Waals surface area contributed by atoms with Gasteiger partial charge in [0, 0.05) is 130 Å². The van der Waals surface area contributed by atoms with Crippen LogP contribution in [0.3, 0.4) is 0 Å². The van der Waals surface area contributed by atoms with Crippen molar-refractivity contribution in [1.82, 2.24) is 0 Å². The summed E-state index contributed by atoms with van der Waals surface area (Å²) in [6.07, 6.45) is 2.36. The molecular formula is C44H40N8Na4O16S4. The van der Waals surface area contributed by atoms with Gasteiger partial charge in [-0.3, -0.25) is 18.2 Å². The smallest absolute Gasteiger partial charge is 0.298 e. The van der Waals surface area contributed by atoms with E-state index in [9.17, 15) is 51.9 Å². The molecule has 24 nitrogen and oxygen atoms in total. The van der Waals surface area contributed by atoms with Crippen molar-refractivity contribution in [3.8, 4) is 23.0 Å². The van der Waals surface area contributed by atoms with Crippen LogP contribution in [0.25, 0.3) is 12.2 Å². The number of azo groups is 4. The number of hydrogen-bond acceptors (Lipinski definition) is 20. The first-order valence-corrected chi connectivity index (χ1v) is 25.9. The van der Waals surface area contributed by atoms with Crippen LogP contribution in [0.15, 0.2) is 158 Å². The van der Waals surface area contributed by atoms with Gasteiger partial charge in [0.25, 0.3) is 40.5 Å². The molecule has 0 fully saturated rings. The third kappa shape index (κ3) is 17.9. The number of nitrogens with zero attached hydrogens (tertiary/aromatic N) is 8. The fourth-order valence-electron chi connectivity index (χ4n) is 6.40. The quantitative estimate of drug-likeness (QED) is 0.0269. The molecule has 0 unspecified atom stereocenters. The number of ether oxygens (including phenoxy) is 4. The van der Waals surface area contributed by atoms with Crippen LogP contribution in [-0.2, 0) is 40.5 Å². The van der Waals surface area contributed by atoms with E-state index in [4.69, 9.17) is 18.9 Å². The molecule has 0 amide bonds. The van der Waals surface area contributed by atoms with Gasteiger partial charge in [0.1, 0.15) is 54.0 Å². The molecule has 0 spiro atoms. The zero-order valence-electron chi connectivity index (χ0n) is 42.3. The minimum Gasteiger partial charge on any atom is -0.495 e. The molecule has 0 aliphatic heterocycles. The SMILES string of the molecule is COc1cc(N=Nc2ccc(OC)c(S(=O)(=O)O)c2)c(C)cc1N=Nc1ccc(C=Cc2ccc(N=Nc3cc(C)c(N=Nc4ccc(OC)c(S(=O)(=O)O)c4)cc3OC)cc2S(=O)(=O)O)c(S(=O)(=O)O)c1.[Na].[Na].[Na].[Na]. The van der Waals surface area contributed by atoms with Gasteiger partial charge in [0.15, 0.2) is 0 Å². The molecule has 76 heavy (non-hydrogen) atoms. The van der Waals surface area contributed by atoms with Crippen LogP contribution < -0.4 is 18.9 Å². The van der Waals surface area contributed by atoms with Crippen LogP contribution in [0.1, 0.15) is 22.3 Å². The molecule has 0 atom stereocenters. The minimum atomic E-state index is -4.93. The molecule has 4 radical (unpaired) electrons. The van der Waals surface area contributed by atoms with Gasteiger partial charge < -0.3 is 18.9 Å². The second kappa shape index (κ2) is 29.0. The van der Waals surface area contributed by atoms with E-state index in [1.807, 2.05) is 0 Å². The Morgan fingerprint density at radius 2 is 0.605 bits per heavy atom. The van der Waals surface area contributed by atoms with Crippen molar-refractivity contribution in [2.45, 2.75) is 33.4 Å². The number of aryl methyl sites for hydroxylation is 2. The van der Waals surface area contributed by atoms with Crippen LogP contribution in [-0.4, -0.2) is 199 Å². The fourth-order valence-corrected chi connectivity index (χ4v) is 9.16. The molecule has 380 valence electrons. The zero-order chi connectivity index (χ0) is 52.8. The number of rotatable bonds is 18. The Morgan fingerprint density at radius 3 is 0.882 bits per heavy atom. The van der Waals surface area contributed by atoms with Gasteiger partial charge in [0.2, 0.25) is 0 Å². The van der Waals surface area contributed by atoms with Gasteiger partial charge >= 0.3 is 0 Å². The van der Waals surface area contributed by atoms with Crippen LogP contribution in [0, 0.1) is 13.8 Å². The van der Waals surface area contributed by atoms with Gasteiger partial charge in [0.05, 0.1) is 62.6 Å². The van der Waals surface area contributed by atoms with Crippen molar-refractivity contribution in [2.75, 3.05) is 28.4 Å². The molecule has 0 saturated carbocycles. The van der Waals surface area contributed by atoms with E-state index in [0.717, 1.165) is 24.3 Å². The Balaban J connectivity index is 0.00000494. The molecule has 0 aromatic heterocycles. The summed E-state index contributed by atoms with van der Waals surface area (Å²) in [5, 5.41) is 33.0. The van der Waals surface area contributed by atoms with Gasteiger partial charge in [-0.1, -0.05) is 24.3 Å². The summed E-state index contributed by atoms with van der Waals surface area (Å²) in [5.74, 6) is 0.110. The van der Waals surface area contributed by atoms with Gasteiger partial charge in [-0.05, 0) is 109 Å². The second-order valence-electron chi connectivity index (χ2n) is 14.8. The molecule has 32 heteroatoms. The van der Waals surface area contributed by atoms with Crippen molar-refractivity contribution < 1.29 is 70.8 Å². The molecule has 6 aromatic carbocycles. The average molecular weight is 1160 g/mol. The van der Waals surface area contributed by atoms with Crippen LogP contribution in [0.2, 0.25) is 0 Å². The normalized spacial score (nSPS) is 12.1. The van der Waals surface area contributed by atoms with E-state index >= 15 is 0 Å². The molecule has 6 aromatic rings. The van der Waals surface area contributed by atoms with Crippen molar-refractivity contribution in [3.63, 3.8) is 0 Å². The summed E-state index contributed by atoms with van der Waals surface area (Å²) in [5.41, 5.74) is 1.78. The molecule has 0 aliphatic rings. The molecule has 0 bridgehead atoms. The van der Waals surface area contributed by atoms with Crippen LogP contribution in [0.5, 0.6) is 23.0 Å². The molecular weight excluding hydrogens is 1120 g/mol. The Kier molecular flexibility index (Phi) is 26.1. The largest absolute Gasteiger partial charge is 0.495 e. The van der Waals surface area contributed by atoms with Crippen molar-refractivity contribution >= 4 is 216 Å². The second-order valence-corrected chi connectivity index (χ2v) is 20.3. The standard InChI is InChI=1S/C44H40N8O16S4.4Na/c1-25-17-35(39(67-5)23-33(25)49-45-31-13-15-37(65-3)43(21-31)71(59,60)61)51-47-29-11-9-27(41(19-29)69(53,54)55)7-8-28-10-12-30(20-42(28)70(56,57)58)48-52-36-18-26(2)34(24-40(36)68-6)50-46-32-14-16-38(66-4)44(22-32)72(62,63)64;;;;/h7-24H,1-6H3,(H,53,54,55)(H,56,57,58)(H,59,60,61)(H,62,63,64);;;;. The molecule has 0 heterocycles. The summed E-state index contributed by atoms with van der Waals surface area (Å²) in [7, 11) is -14.0. The predicted octanol–water partition coefficient (Wildman–Crippen LogP) is 9.63. The molecule has 0 saturated heterocycles. The maximum absolute atomic E-state index is 12.6. The molecule has 0 aliphatic carbocycles. The number of methoxy groups -OCH3 is 4. The minimum absolute atomic E-state index is 0. The van der Waals surface area contributed by atoms with E-state index in [2.05, 4.69) is 40.9 Å². The van der Waals surface area contributed by atoms with E-state index in [-0.39, 0.29) is 198 Å². The third-order valence-electron chi connectivity index (χ3n) is 9.93. The monoisotopic (exact) mass is 1160 g/mol. The van der Waals surface area contributed by atoms with Gasteiger partial charge in [-0.25, -0.2) is 0 Å². The molecule has 6 rings (SSSR count). The average Bonchev–Trinajstić information content (AvgIpc) is 3.32. The molecule has 4 N–H and O–H groups in total. The Bertz CT molecular complexity index is 3510. The first-order chi connectivity index (χ1) is 33.8. The van der Waals surface area contributed by atoms with E-state index in [1.165, 1.54) is 113 Å². The van der Waals surface area contributed by atoms with Gasteiger partial charge in [-0.2, -0.15) is 64.4 Å². The third-order valence-corrected chi connectivity index (χ3v) is 13.5. The van der Waals surface area contributed by atoms with Crippen molar-refractivity contribution in [1.29, 1.82) is 0 Å². The summed E-state index contributed by atoms with van der Waals surface area (Å²) >= 11 is 0. The van der Waals surface area contributed by atoms with Crippen molar-refractivity contribution in [3.05, 3.63) is 119 Å². The summed E-state index contributed by atoms with van der Waals surface area (Å²) in [4.78, 5) is -2.28. The van der Waals surface area contributed by atoms with Crippen LogP contribution in [0.4, 0.5) is 45.5 Å². The van der Waals surface area contributed by atoms with E-state index < -0.39 is 60.1 Å². The maximum Gasteiger partial charge on any atom is 0.298 e. The topological polar surface area (TPSA) is 353 Å². The zero-order valence-corrected chi connectivity index (χ0v) is 53.6. The maximum atomic E-state index is 12.6. The van der Waals surface area contributed by atoms with Crippen molar-refractivity contribution in [2.24, 2.45) is 40.9 Å². The first kappa shape index (κ1) is 68.4. The Hall–Kier alpha value is -3.70. The van der Waals surface area contributed by atoms with E-state index in [0.29, 0.717) is 11.1 Å². The fraction of sp³-hybridized carbons (Fsp3) is 0.136. The first-order valence-electron chi connectivity index (χ1n) is 20.1. The van der Waals surface area contributed by atoms with E-state index in [1.54, 1.807) is 13.8 Å². The summed E-state index contributed by atoms with van der Waals surface area (Å²) in [6.45, 7) is 3.32. The predicted molar refractivity (Wildman–Crippen MR) is 282 cm³/mol.